The van der Waals surface area contributed by atoms with Gasteiger partial charge in [-0.15, -0.1) is 0 Å². The van der Waals surface area contributed by atoms with Crippen LogP contribution in [0.2, 0.25) is 5.02 Å². The average molecular weight is 466 g/mol. The van der Waals surface area contributed by atoms with Crippen molar-refractivity contribution in [3.63, 3.8) is 0 Å². The fourth-order valence-corrected chi connectivity index (χ4v) is 5.29. The fourth-order valence-electron chi connectivity index (χ4n) is 3.42. The van der Waals surface area contributed by atoms with Gasteiger partial charge in [0, 0.05) is 31.4 Å². The lowest BCUT2D eigenvalue weighted by molar-refractivity contribution is -0.121. The molecule has 1 fully saturated rings. The summed E-state index contributed by atoms with van der Waals surface area (Å²) in [7, 11) is -2.34. The Hall–Kier alpha value is -2.62. The molecule has 2 amide bonds. The highest BCUT2D eigenvalue weighted by molar-refractivity contribution is 7.89. The molecule has 0 unspecified atom stereocenters. The number of benzene rings is 2. The van der Waals surface area contributed by atoms with Crippen molar-refractivity contribution < 1.29 is 22.7 Å². The number of nitrogens with zero attached hydrogens (tertiary/aromatic N) is 1. The van der Waals surface area contributed by atoms with Gasteiger partial charge in [0.15, 0.2) is 0 Å². The molecule has 1 atom stereocenters. The van der Waals surface area contributed by atoms with E-state index in [4.69, 9.17) is 16.3 Å². The zero-order chi connectivity index (χ0) is 22.6. The SMILES string of the molecule is COc1ccc(S(=O)(=O)N2CCC[C@@H](C(=O)Nc3ccc(NC(C)=O)cc3)C2)cc1Cl. The minimum Gasteiger partial charge on any atom is -0.495 e. The Morgan fingerprint density at radius 3 is 2.32 bits per heavy atom. The third kappa shape index (κ3) is 5.55. The number of ether oxygens (including phenoxy) is 1. The topological polar surface area (TPSA) is 105 Å². The summed E-state index contributed by atoms with van der Waals surface area (Å²) in [4.78, 5) is 23.9. The number of sulfonamides is 1. The maximum atomic E-state index is 13.1. The Morgan fingerprint density at radius 1 is 1.10 bits per heavy atom. The number of piperidine rings is 1. The van der Waals surface area contributed by atoms with Crippen molar-refractivity contribution in [2.75, 3.05) is 30.8 Å². The van der Waals surface area contributed by atoms with Crippen LogP contribution in [0.5, 0.6) is 5.75 Å². The molecule has 31 heavy (non-hydrogen) atoms. The minimum absolute atomic E-state index is 0.0629. The van der Waals surface area contributed by atoms with Gasteiger partial charge in [0.2, 0.25) is 21.8 Å². The third-order valence-corrected chi connectivity index (χ3v) is 7.15. The molecule has 1 aliphatic rings. The smallest absolute Gasteiger partial charge is 0.243 e. The van der Waals surface area contributed by atoms with Crippen LogP contribution < -0.4 is 15.4 Å². The van der Waals surface area contributed by atoms with E-state index >= 15 is 0 Å². The predicted octanol–water partition coefficient (Wildman–Crippen LogP) is 3.35. The van der Waals surface area contributed by atoms with E-state index in [2.05, 4.69) is 10.6 Å². The molecule has 0 spiro atoms. The summed E-state index contributed by atoms with van der Waals surface area (Å²) in [5, 5.41) is 5.68. The number of rotatable bonds is 6. The Kier molecular flexibility index (Phi) is 7.19. The number of hydrogen-bond acceptors (Lipinski definition) is 5. The molecule has 2 aromatic carbocycles. The lowest BCUT2D eigenvalue weighted by atomic mass is 9.98. The van der Waals surface area contributed by atoms with Crippen LogP contribution in [0.25, 0.3) is 0 Å². The summed E-state index contributed by atoms with van der Waals surface area (Å²) in [6.07, 6.45) is 1.16. The molecule has 1 heterocycles. The van der Waals surface area contributed by atoms with Crippen LogP contribution in [0.15, 0.2) is 47.4 Å². The monoisotopic (exact) mass is 465 g/mol. The number of nitrogens with one attached hydrogen (secondary N) is 2. The van der Waals surface area contributed by atoms with E-state index in [0.717, 1.165) is 0 Å². The second-order valence-corrected chi connectivity index (χ2v) is 9.59. The van der Waals surface area contributed by atoms with Crippen LogP contribution in [-0.4, -0.2) is 44.7 Å². The van der Waals surface area contributed by atoms with E-state index in [1.807, 2.05) is 0 Å². The van der Waals surface area contributed by atoms with Crippen LogP contribution in [0.3, 0.4) is 0 Å². The number of amides is 2. The number of methoxy groups -OCH3 is 1. The van der Waals surface area contributed by atoms with Gasteiger partial charge in [-0.1, -0.05) is 11.6 Å². The zero-order valence-electron chi connectivity index (χ0n) is 17.2. The first kappa shape index (κ1) is 23.1. The molecule has 0 saturated carbocycles. The maximum Gasteiger partial charge on any atom is 0.243 e. The maximum absolute atomic E-state index is 13.1. The van der Waals surface area contributed by atoms with Crippen LogP contribution in [0.4, 0.5) is 11.4 Å². The molecule has 0 bridgehead atoms. The lowest BCUT2D eigenvalue weighted by Crippen LogP contribution is -2.43. The largest absolute Gasteiger partial charge is 0.495 e. The molecular formula is C21H24ClN3O5S. The van der Waals surface area contributed by atoms with Gasteiger partial charge in [0.25, 0.3) is 0 Å². The predicted molar refractivity (Wildman–Crippen MR) is 119 cm³/mol. The average Bonchev–Trinajstić information content (AvgIpc) is 2.74. The molecule has 0 aliphatic carbocycles. The van der Waals surface area contributed by atoms with Gasteiger partial charge < -0.3 is 15.4 Å². The van der Waals surface area contributed by atoms with Crippen molar-refractivity contribution in [1.29, 1.82) is 0 Å². The van der Waals surface area contributed by atoms with Crippen LogP contribution in [0.1, 0.15) is 19.8 Å². The minimum atomic E-state index is -3.79. The second-order valence-electron chi connectivity index (χ2n) is 7.25. The summed E-state index contributed by atoms with van der Waals surface area (Å²) < 4.78 is 32.5. The van der Waals surface area contributed by atoms with Gasteiger partial charge in [0.1, 0.15) is 5.75 Å². The van der Waals surface area contributed by atoms with Crippen molar-refractivity contribution in [2.24, 2.45) is 5.92 Å². The van der Waals surface area contributed by atoms with Gasteiger partial charge >= 0.3 is 0 Å². The lowest BCUT2D eigenvalue weighted by Gasteiger charge is -2.31. The van der Waals surface area contributed by atoms with Crippen LogP contribution in [-0.2, 0) is 19.6 Å². The molecule has 2 aromatic rings. The fraction of sp³-hybridized carbons (Fsp3) is 0.333. The molecule has 0 aromatic heterocycles. The normalized spacial score (nSPS) is 17.1. The Balaban J connectivity index is 1.68. The highest BCUT2D eigenvalue weighted by atomic mass is 35.5. The molecule has 166 valence electrons. The molecule has 10 heteroatoms. The van der Waals surface area contributed by atoms with Crippen molar-refractivity contribution in [2.45, 2.75) is 24.7 Å². The standard InChI is InChI=1S/C21H24ClN3O5S/c1-14(26)23-16-5-7-17(8-6-16)24-21(27)15-4-3-11-25(13-15)31(28,29)18-9-10-20(30-2)19(22)12-18/h5-10,12,15H,3-4,11,13H2,1-2H3,(H,23,26)(H,24,27)/t15-/m1/s1. The molecule has 0 radical (unpaired) electrons. The summed E-state index contributed by atoms with van der Waals surface area (Å²) >= 11 is 6.09. The molecular weight excluding hydrogens is 442 g/mol. The third-order valence-electron chi connectivity index (χ3n) is 4.99. The molecule has 8 nitrogen and oxygen atoms in total. The number of hydrogen-bond donors (Lipinski definition) is 2. The summed E-state index contributed by atoms with van der Waals surface area (Å²) in [5.74, 6) is -0.522. The van der Waals surface area contributed by atoms with Gasteiger partial charge in [-0.3, -0.25) is 9.59 Å². The summed E-state index contributed by atoms with van der Waals surface area (Å²) in [6, 6.07) is 11.0. The van der Waals surface area contributed by atoms with Crippen molar-refractivity contribution >= 4 is 44.8 Å². The van der Waals surface area contributed by atoms with E-state index < -0.39 is 15.9 Å². The van der Waals surface area contributed by atoms with Crippen LogP contribution in [0, 0.1) is 5.92 Å². The van der Waals surface area contributed by atoms with Crippen LogP contribution >= 0.6 is 11.6 Å². The molecule has 1 aliphatic heterocycles. The first-order valence-electron chi connectivity index (χ1n) is 9.73. The van der Waals surface area contributed by atoms with Crippen molar-refractivity contribution in [3.05, 3.63) is 47.5 Å². The number of carbonyl (C=O) groups is 2. The van der Waals surface area contributed by atoms with E-state index in [1.54, 1.807) is 24.3 Å². The van der Waals surface area contributed by atoms with Gasteiger partial charge in [-0.05, 0) is 55.3 Å². The molecule has 1 saturated heterocycles. The van der Waals surface area contributed by atoms with Gasteiger partial charge in [-0.2, -0.15) is 4.31 Å². The highest BCUT2D eigenvalue weighted by Crippen LogP contribution is 2.30. The Labute approximate surface area is 186 Å². The number of halogens is 1. The number of carbonyl (C=O) groups excluding carboxylic acids is 2. The summed E-state index contributed by atoms with van der Waals surface area (Å²) in [6.45, 7) is 1.83. The van der Waals surface area contributed by atoms with Gasteiger partial charge in [-0.25, -0.2) is 8.42 Å². The molecule has 2 N–H and O–H groups in total. The zero-order valence-corrected chi connectivity index (χ0v) is 18.8. The number of anilines is 2. The van der Waals surface area contributed by atoms with Crippen molar-refractivity contribution in [3.8, 4) is 5.75 Å². The van der Waals surface area contributed by atoms with E-state index in [0.29, 0.717) is 36.5 Å². The quantitative estimate of drug-likeness (QED) is 0.680. The van der Waals surface area contributed by atoms with E-state index in [-0.39, 0.29) is 28.3 Å². The van der Waals surface area contributed by atoms with Crippen molar-refractivity contribution in [1.82, 2.24) is 4.31 Å². The summed E-state index contributed by atoms with van der Waals surface area (Å²) in [5.41, 5.74) is 1.19. The Morgan fingerprint density at radius 2 is 1.74 bits per heavy atom. The van der Waals surface area contributed by atoms with Gasteiger partial charge in [0.05, 0.1) is 22.9 Å². The second kappa shape index (κ2) is 9.67. The van der Waals surface area contributed by atoms with E-state index in [1.165, 1.54) is 36.5 Å². The highest BCUT2D eigenvalue weighted by Gasteiger charge is 2.33. The van der Waals surface area contributed by atoms with E-state index in [9.17, 15) is 18.0 Å². The molecule has 3 rings (SSSR count). The Bertz CT molecular complexity index is 1070. The first-order chi connectivity index (χ1) is 14.7. The first-order valence-corrected chi connectivity index (χ1v) is 11.5.